The van der Waals surface area contributed by atoms with Crippen molar-refractivity contribution in [2.24, 2.45) is 0 Å². The normalized spacial score (nSPS) is 10.2. The van der Waals surface area contributed by atoms with Gasteiger partial charge in [-0.25, -0.2) is 4.79 Å². The molecular formula is C16H16O3S. The predicted molar refractivity (Wildman–Crippen MR) is 80.8 cm³/mol. The van der Waals surface area contributed by atoms with Crippen LogP contribution in [0, 0.1) is 6.92 Å². The predicted octanol–water partition coefficient (Wildman–Crippen LogP) is 3.86. The van der Waals surface area contributed by atoms with E-state index in [0.717, 1.165) is 17.1 Å². The maximum absolute atomic E-state index is 10.8. The van der Waals surface area contributed by atoms with Gasteiger partial charge in [0.1, 0.15) is 5.75 Å². The number of rotatable bonds is 6. The summed E-state index contributed by atoms with van der Waals surface area (Å²) < 4.78 is 5.68. The van der Waals surface area contributed by atoms with Gasteiger partial charge < -0.3 is 9.84 Å². The molecule has 1 N–H and O–H groups in total. The second kappa shape index (κ2) is 7.01. The van der Waals surface area contributed by atoms with Gasteiger partial charge in [-0.3, -0.25) is 0 Å². The van der Waals surface area contributed by atoms with Gasteiger partial charge in [0, 0.05) is 10.6 Å². The molecule has 0 radical (unpaired) electrons. The zero-order valence-corrected chi connectivity index (χ0v) is 12.0. The van der Waals surface area contributed by atoms with Gasteiger partial charge in [-0.2, -0.15) is 0 Å². The van der Waals surface area contributed by atoms with Gasteiger partial charge in [-0.1, -0.05) is 18.2 Å². The van der Waals surface area contributed by atoms with Crippen molar-refractivity contribution in [3.05, 3.63) is 59.7 Å². The van der Waals surface area contributed by atoms with Crippen LogP contribution < -0.4 is 4.74 Å². The molecule has 0 heterocycles. The molecule has 0 fully saturated rings. The third-order valence-corrected chi connectivity index (χ3v) is 3.75. The molecule has 2 aromatic carbocycles. The first-order chi connectivity index (χ1) is 9.66. The summed E-state index contributed by atoms with van der Waals surface area (Å²) in [5.41, 5.74) is 1.13. The summed E-state index contributed by atoms with van der Waals surface area (Å²) in [6.45, 7) is 2.44. The number of benzene rings is 2. The molecule has 0 saturated carbocycles. The average molecular weight is 288 g/mol. The van der Waals surface area contributed by atoms with Crippen LogP contribution in [0.4, 0.5) is 0 Å². The van der Waals surface area contributed by atoms with Crippen LogP contribution in [0.3, 0.4) is 0 Å². The number of hydrogen-bond donors (Lipinski definition) is 1. The van der Waals surface area contributed by atoms with E-state index in [1.165, 1.54) is 4.90 Å². The van der Waals surface area contributed by atoms with Gasteiger partial charge in [-0.05, 0) is 42.8 Å². The lowest BCUT2D eigenvalue weighted by Gasteiger charge is -2.09. The van der Waals surface area contributed by atoms with Crippen molar-refractivity contribution >= 4 is 17.7 Å². The molecule has 104 valence electrons. The topological polar surface area (TPSA) is 46.5 Å². The van der Waals surface area contributed by atoms with Crippen LogP contribution in [0.2, 0.25) is 0 Å². The highest BCUT2D eigenvalue weighted by molar-refractivity contribution is 7.99. The van der Waals surface area contributed by atoms with Crippen molar-refractivity contribution < 1.29 is 14.6 Å². The number of carbonyl (C=O) groups is 1. The minimum absolute atomic E-state index is 0.286. The Morgan fingerprint density at radius 3 is 2.60 bits per heavy atom. The first-order valence-electron chi connectivity index (χ1n) is 6.31. The molecule has 4 heteroatoms. The van der Waals surface area contributed by atoms with E-state index in [0.29, 0.717) is 6.61 Å². The van der Waals surface area contributed by atoms with Crippen molar-refractivity contribution in [1.82, 2.24) is 0 Å². The summed E-state index contributed by atoms with van der Waals surface area (Å²) in [5, 5.41) is 8.90. The maximum Gasteiger partial charge on any atom is 0.335 e. The Hall–Kier alpha value is -1.94. The highest BCUT2D eigenvalue weighted by Crippen LogP contribution is 2.21. The second-order valence-electron chi connectivity index (χ2n) is 4.30. The first kappa shape index (κ1) is 14.5. The van der Waals surface area contributed by atoms with Crippen LogP contribution in [0.25, 0.3) is 0 Å². The maximum atomic E-state index is 10.8. The van der Waals surface area contributed by atoms with Crippen LogP contribution in [0.5, 0.6) is 5.75 Å². The van der Waals surface area contributed by atoms with Gasteiger partial charge in [0.05, 0.1) is 12.2 Å². The highest BCUT2D eigenvalue weighted by atomic mass is 32.2. The summed E-state index contributed by atoms with van der Waals surface area (Å²) in [4.78, 5) is 12.1. The van der Waals surface area contributed by atoms with E-state index in [1.54, 1.807) is 30.0 Å². The molecule has 2 aromatic rings. The Labute approximate surface area is 122 Å². The Morgan fingerprint density at radius 2 is 1.95 bits per heavy atom. The third-order valence-electron chi connectivity index (χ3n) is 2.77. The first-order valence-corrected chi connectivity index (χ1v) is 7.30. The smallest absolute Gasteiger partial charge is 0.335 e. The molecule has 0 saturated heterocycles. The molecule has 0 atom stereocenters. The third kappa shape index (κ3) is 4.03. The Bertz CT molecular complexity index is 582. The largest absolute Gasteiger partial charge is 0.492 e. The van der Waals surface area contributed by atoms with Crippen molar-refractivity contribution in [3.63, 3.8) is 0 Å². The van der Waals surface area contributed by atoms with Gasteiger partial charge in [0.15, 0.2) is 0 Å². The zero-order chi connectivity index (χ0) is 14.4. The fourth-order valence-corrected chi connectivity index (χ4v) is 2.52. The average Bonchev–Trinajstić information content (AvgIpc) is 2.46. The number of ether oxygens (including phenoxy) is 1. The molecule has 0 amide bonds. The summed E-state index contributed by atoms with van der Waals surface area (Å²) in [6.07, 6.45) is 0. The Kier molecular flexibility index (Phi) is 5.07. The molecule has 0 spiro atoms. The lowest BCUT2D eigenvalue weighted by molar-refractivity contribution is 0.0696. The van der Waals surface area contributed by atoms with Gasteiger partial charge in [0.2, 0.25) is 0 Å². The number of thioether (sulfide) groups is 1. The SMILES string of the molecule is Cc1cc(C(=O)O)ccc1OCCSc1ccccc1. The summed E-state index contributed by atoms with van der Waals surface area (Å²) in [7, 11) is 0. The summed E-state index contributed by atoms with van der Waals surface area (Å²) in [5.74, 6) is 0.673. The summed E-state index contributed by atoms with van der Waals surface area (Å²) >= 11 is 1.73. The number of carboxylic acids is 1. The van der Waals surface area contributed by atoms with Crippen LogP contribution in [-0.4, -0.2) is 23.4 Å². The molecule has 2 rings (SSSR count). The molecule has 0 aliphatic rings. The van der Waals surface area contributed by atoms with Crippen molar-refractivity contribution in [2.75, 3.05) is 12.4 Å². The van der Waals surface area contributed by atoms with Crippen LogP contribution in [0.15, 0.2) is 53.4 Å². The van der Waals surface area contributed by atoms with Crippen LogP contribution in [0.1, 0.15) is 15.9 Å². The molecule has 20 heavy (non-hydrogen) atoms. The second-order valence-corrected chi connectivity index (χ2v) is 5.46. The van der Waals surface area contributed by atoms with Gasteiger partial charge >= 0.3 is 5.97 Å². The highest BCUT2D eigenvalue weighted by Gasteiger charge is 2.06. The van der Waals surface area contributed by atoms with Crippen LogP contribution in [-0.2, 0) is 0 Å². The van der Waals surface area contributed by atoms with E-state index >= 15 is 0 Å². The van der Waals surface area contributed by atoms with E-state index in [4.69, 9.17) is 9.84 Å². The quantitative estimate of drug-likeness (QED) is 0.647. The Morgan fingerprint density at radius 1 is 1.20 bits per heavy atom. The van der Waals surface area contributed by atoms with E-state index in [1.807, 2.05) is 25.1 Å². The molecule has 3 nitrogen and oxygen atoms in total. The van der Waals surface area contributed by atoms with Gasteiger partial charge in [-0.15, -0.1) is 11.8 Å². The van der Waals surface area contributed by atoms with E-state index in [-0.39, 0.29) is 5.56 Å². The molecule has 0 aliphatic carbocycles. The zero-order valence-electron chi connectivity index (χ0n) is 11.2. The van der Waals surface area contributed by atoms with Crippen molar-refractivity contribution in [3.8, 4) is 5.75 Å². The fourth-order valence-electron chi connectivity index (χ4n) is 1.77. The summed E-state index contributed by atoms with van der Waals surface area (Å²) in [6, 6.07) is 15.1. The number of aromatic carboxylic acids is 1. The lowest BCUT2D eigenvalue weighted by Crippen LogP contribution is -2.03. The molecule has 0 bridgehead atoms. The number of aryl methyl sites for hydroxylation is 1. The number of carboxylic acid groups (broad SMARTS) is 1. The monoisotopic (exact) mass is 288 g/mol. The number of hydrogen-bond acceptors (Lipinski definition) is 3. The molecular weight excluding hydrogens is 272 g/mol. The standard InChI is InChI=1S/C16H16O3S/c1-12-11-13(16(17)18)7-8-15(12)19-9-10-20-14-5-3-2-4-6-14/h2-8,11H,9-10H2,1H3,(H,17,18). The minimum Gasteiger partial charge on any atom is -0.492 e. The van der Waals surface area contributed by atoms with E-state index < -0.39 is 5.97 Å². The fraction of sp³-hybridized carbons (Fsp3) is 0.188. The van der Waals surface area contributed by atoms with Crippen molar-refractivity contribution in [1.29, 1.82) is 0 Å². The van der Waals surface area contributed by atoms with E-state index in [9.17, 15) is 4.79 Å². The molecule has 0 unspecified atom stereocenters. The van der Waals surface area contributed by atoms with Crippen LogP contribution >= 0.6 is 11.8 Å². The minimum atomic E-state index is -0.917. The van der Waals surface area contributed by atoms with Gasteiger partial charge in [0.25, 0.3) is 0 Å². The molecule has 0 aliphatic heterocycles. The molecule has 0 aromatic heterocycles. The Balaban J connectivity index is 1.84. The van der Waals surface area contributed by atoms with E-state index in [2.05, 4.69) is 12.1 Å². The van der Waals surface area contributed by atoms with Crippen molar-refractivity contribution in [2.45, 2.75) is 11.8 Å². The lowest BCUT2D eigenvalue weighted by atomic mass is 10.1.